The van der Waals surface area contributed by atoms with E-state index < -0.39 is 15.8 Å². The lowest BCUT2D eigenvalue weighted by molar-refractivity contribution is 0.281. The first kappa shape index (κ1) is 14.1. The Bertz CT molecular complexity index is 499. The van der Waals surface area contributed by atoms with Crippen LogP contribution < -0.4 is 0 Å². The van der Waals surface area contributed by atoms with Crippen molar-refractivity contribution in [2.24, 2.45) is 0 Å². The van der Waals surface area contributed by atoms with Crippen LogP contribution in [0.25, 0.3) is 0 Å². The first-order valence-corrected chi connectivity index (χ1v) is 6.62. The van der Waals surface area contributed by atoms with Crippen LogP contribution in [0.15, 0.2) is 23.1 Å². The minimum absolute atomic E-state index is 0.253. The third-order valence-corrected chi connectivity index (χ3v) is 4.63. The Morgan fingerprint density at radius 3 is 2.41 bits per heavy atom. The Morgan fingerprint density at radius 2 is 2.00 bits per heavy atom. The molecular formula is C11H16FNO3S. The van der Waals surface area contributed by atoms with E-state index in [4.69, 9.17) is 5.11 Å². The van der Waals surface area contributed by atoms with Crippen molar-refractivity contribution in [1.29, 1.82) is 0 Å². The molecule has 1 N–H and O–H groups in total. The van der Waals surface area contributed by atoms with Gasteiger partial charge in [-0.25, -0.2) is 12.8 Å². The fraction of sp³-hybridized carbons (Fsp3) is 0.455. The molecule has 4 nitrogen and oxygen atoms in total. The van der Waals surface area contributed by atoms with Crippen LogP contribution in [-0.4, -0.2) is 30.9 Å². The van der Waals surface area contributed by atoms with Crippen LogP contribution >= 0.6 is 0 Å². The van der Waals surface area contributed by atoms with Crippen molar-refractivity contribution in [3.8, 4) is 0 Å². The zero-order valence-corrected chi connectivity index (χ0v) is 10.8. The first-order chi connectivity index (χ1) is 7.80. The monoisotopic (exact) mass is 261 g/mol. The predicted octanol–water partition coefficient (Wildman–Crippen LogP) is 1.35. The molecule has 0 bridgehead atoms. The number of aliphatic hydroxyl groups is 1. The van der Waals surface area contributed by atoms with Crippen molar-refractivity contribution in [3.05, 3.63) is 29.6 Å². The lowest BCUT2D eigenvalue weighted by Gasteiger charge is -2.21. The van der Waals surface area contributed by atoms with Crippen LogP contribution in [0.2, 0.25) is 0 Å². The molecule has 0 saturated heterocycles. The third-order valence-electron chi connectivity index (χ3n) is 2.56. The Hall–Kier alpha value is -0.980. The molecule has 0 spiro atoms. The molecule has 6 heteroatoms. The van der Waals surface area contributed by atoms with Gasteiger partial charge in [-0.2, -0.15) is 4.31 Å². The van der Waals surface area contributed by atoms with Gasteiger partial charge in [0, 0.05) is 13.1 Å². The Morgan fingerprint density at radius 1 is 1.41 bits per heavy atom. The van der Waals surface area contributed by atoms with Crippen LogP contribution in [-0.2, 0) is 16.6 Å². The number of hydrogen-bond acceptors (Lipinski definition) is 3. The second-order valence-electron chi connectivity index (χ2n) is 4.04. The summed E-state index contributed by atoms with van der Waals surface area (Å²) in [5.41, 5.74) is 0.341. The van der Waals surface area contributed by atoms with Crippen molar-refractivity contribution >= 4 is 10.0 Å². The number of hydrogen-bond donors (Lipinski definition) is 1. The molecule has 1 aromatic rings. The zero-order valence-electron chi connectivity index (χ0n) is 10.0. The van der Waals surface area contributed by atoms with E-state index in [1.54, 1.807) is 13.8 Å². The molecule has 17 heavy (non-hydrogen) atoms. The molecule has 0 unspecified atom stereocenters. The molecule has 0 aromatic heterocycles. The van der Waals surface area contributed by atoms with Gasteiger partial charge in [0.25, 0.3) is 0 Å². The minimum Gasteiger partial charge on any atom is -0.392 e. The van der Waals surface area contributed by atoms with E-state index in [0.29, 0.717) is 5.56 Å². The summed E-state index contributed by atoms with van der Waals surface area (Å²) in [5.74, 6) is -0.843. The maximum atomic E-state index is 13.6. The lowest BCUT2D eigenvalue weighted by Crippen LogP contribution is -2.33. The molecular weight excluding hydrogens is 245 g/mol. The number of rotatable bonds is 4. The summed E-state index contributed by atoms with van der Waals surface area (Å²) in [6.07, 6.45) is 0. The fourth-order valence-electron chi connectivity index (χ4n) is 1.28. The molecule has 0 aliphatic carbocycles. The average molecular weight is 261 g/mol. The van der Waals surface area contributed by atoms with E-state index in [1.807, 2.05) is 0 Å². The van der Waals surface area contributed by atoms with Crippen LogP contribution in [0, 0.1) is 5.82 Å². The van der Waals surface area contributed by atoms with Gasteiger partial charge in [0.2, 0.25) is 10.0 Å². The zero-order chi connectivity index (χ0) is 13.2. The number of nitrogens with zero attached hydrogens (tertiary/aromatic N) is 1. The van der Waals surface area contributed by atoms with E-state index in [-0.39, 0.29) is 17.5 Å². The summed E-state index contributed by atoms with van der Waals surface area (Å²) in [4.78, 5) is -0.370. The van der Waals surface area contributed by atoms with E-state index >= 15 is 0 Å². The van der Waals surface area contributed by atoms with Gasteiger partial charge in [-0.15, -0.1) is 0 Å². The first-order valence-electron chi connectivity index (χ1n) is 5.18. The van der Waals surface area contributed by atoms with Gasteiger partial charge in [-0.1, -0.05) is 6.07 Å². The SMILES string of the molecule is CC(C)N(C)S(=O)(=O)c1ccc(CO)cc1F. The second kappa shape index (κ2) is 5.12. The molecule has 1 aromatic carbocycles. The summed E-state index contributed by atoms with van der Waals surface area (Å²) < 4.78 is 38.8. The fourth-order valence-corrected chi connectivity index (χ4v) is 2.70. The maximum absolute atomic E-state index is 13.6. The van der Waals surface area contributed by atoms with Gasteiger partial charge in [-0.05, 0) is 31.5 Å². The number of aliphatic hydroxyl groups excluding tert-OH is 1. The van der Waals surface area contributed by atoms with Crippen LogP contribution in [0.3, 0.4) is 0 Å². The van der Waals surface area contributed by atoms with Gasteiger partial charge in [-0.3, -0.25) is 0 Å². The molecule has 0 saturated carbocycles. The van der Waals surface area contributed by atoms with Crippen LogP contribution in [0.5, 0.6) is 0 Å². The van der Waals surface area contributed by atoms with E-state index in [2.05, 4.69) is 0 Å². The summed E-state index contributed by atoms with van der Waals surface area (Å²) in [7, 11) is -2.42. The molecule has 0 fully saturated rings. The van der Waals surface area contributed by atoms with Crippen molar-refractivity contribution in [1.82, 2.24) is 4.31 Å². The topological polar surface area (TPSA) is 57.6 Å². The highest BCUT2D eigenvalue weighted by Crippen LogP contribution is 2.20. The maximum Gasteiger partial charge on any atom is 0.245 e. The van der Waals surface area contributed by atoms with Gasteiger partial charge < -0.3 is 5.11 Å². The molecule has 0 radical (unpaired) electrons. The highest BCUT2D eigenvalue weighted by atomic mass is 32.2. The highest BCUT2D eigenvalue weighted by molar-refractivity contribution is 7.89. The molecule has 1 rings (SSSR count). The van der Waals surface area contributed by atoms with Crippen molar-refractivity contribution in [3.63, 3.8) is 0 Å². The third kappa shape index (κ3) is 2.83. The van der Waals surface area contributed by atoms with Crippen molar-refractivity contribution in [2.45, 2.75) is 31.4 Å². The second-order valence-corrected chi connectivity index (χ2v) is 6.00. The number of benzene rings is 1. The summed E-state index contributed by atoms with van der Waals surface area (Å²) in [5, 5.41) is 8.83. The van der Waals surface area contributed by atoms with E-state index in [1.165, 1.54) is 19.2 Å². The molecule has 0 amide bonds. The number of sulfonamides is 1. The van der Waals surface area contributed by atoms with Gasteiger partial charge in [0.1, 0.15) is 10.7 Å². The molecule has 0 aliphatic rings. The van der Waals surface area contributed by atoms with Gasteiger partial charge in [0.15, 0.2) is 0 Å². The molecule has 96 valence electrons. The highest BCUT2D eigenvalue weighted by Gasteiger charge is 2.26. The quantitative estimate of drug-likeness (QED) is 0.890. The molecule has 0 aliphatic heterocycles. The lowest BCUT2D eigenvalue weighted by atomic mass is 10.2. The van der Waals surface area contributed by atoms with Crippen molar-refractivity contribution in [2.75, 3.05) is 7.05 Å². The average Bonchev–Trinajstić information content (AvgIpc) is 2.27. The van der Waals surface area contributed by atoms with E-state index in [0.717, 1.165) is 10.4 Å². The van der Waals surface area contributed by atoms with Crippen LogP contribution in [0.4, 0.5) is 4.39 Å². The summed E-state index contributed by atoms with van der Waals surface area (Å²) in [6.45, 7) is 3.09. The Labute approximate surface area is 101 Å². The Kier molecular flexibility index (Phi) is 4.24. The number of halogens is 1. The van der Waals surface area contributed by atoms with E-state index in [9.17, 15) is 12.8 Å². The summed E-state index contributed by atoms with van der Waals surface area (Å²) in [6, 6.07) is 3.34. The molecule has 0 atom stereocenters. The minimum atomic E-state index is -3.82. The normalized spacial score (nSPS) is 12.4. The largest absolute Gasteiger partial charge is 0.392 e. The summed E-state index contributed by atoms with van der Waals surface area (Å²) >= 11 is 0. The standard InChI is InChI=1S/C11H16FNO3S/c1-8(2)13(3)17(15,16)11-5-4-9(7-14)6-10(11)12/h4-6,8,14H,7H2,1-3H3. The van der Waals surface area contributed by atoms with Gasteiger partial charge >= 0.3 is 0 Å². The van der Waals surface area contributed by atoms with Gasteiger partial charge in [0.05, 0.1) is 6.61 Å². The van der Waals surface area contributed by atoms with Crippen LogP contribution in [0.1, 0.15) is 19.4 Å². The predicted molar refractivity (Wildman–Crippen MR) is 62.4 cm³/mol. The molecule has 0 heterocycles. The smallest absolute Gasteiger partial charge is 0.245 e. The van der Waals surface area contributed by atoms with Crippen molar-refractivity contribution < 1.29 is 17.9 Å². The Balaban J connectivity index is 3.25.